The van der Waals surface area contributed by atoms with Crippen LogP contribution in [-0.4, -0.2) is 67.5 Å². The van der Waals surface area contributed by atoms with Gasteiger partial charge in [-0.05, 0) is 42.4 Å². The van der Waals surface area contributed by atoms with E-state index in [1.54, 1.807) is 7.11 Å². The zero-order valence-electron chi connectivity index (χ0n) is 17.4. The largest absolute Gasteiger partial charge is 0.493 e. The molecule has 1 unspecified atom stereocenters. The van der Waals surface area contributed by atoms with Crippen molar-refractivity contribution < 1.29 is 14.6 Å². The van der Waals surface area contributed by atoms with Crippen LogP contribution in [0.2, 0.25) is 0 Å². The number of β-amino-alcohol motifs (C(OH)–C–C–N with tert-alkyl or cyclic N) is 1. The van der Waals surface area contributed by atoms with Gasteiger partial charge in [0, 0.05) is 39.3 Å². The zero-order chi connectivity index (χ0) is 20.2. The molecule has 6 heteroatoms. The average molecular weight is 400 g/mol. The van der Waals surface area contributed by atoms with Gasteiger partial charge in [-0.3, -0.25) is 4.90 Å². The molecule has 2 heterocycles. The van der Waals surface area contributed by atoms with E-state index < -0.39 is 6.10 Å². The standard InChI is InChI=1S/C23H33N3O3/c1-28-23-8-17(10-25-11-18(9-24)12-25)6-7-22(23)29-16-21(27)15-26-13-19-4-2-3-5-20(19)14-26/h6-8,18-21,27H,2-5,10-16H2,1H3/t19-,20+,21?. The number of fused-ring (bicyclic) bond motifs is 1. The quantitative estimate of drug-likeness (QED) is 0.724. The first kappa shape index (κ1) is 20.5. The number of benzene rings is 1. The van der Waals surface area contributed by atoms with Crippen molar-refractivity contribution in [2.75, 3.05) is 46.4 Å². The fourth-order valence-corrected chi connectivity index (χ4v) is 5.16. The third-order valence-corrected chi connectivity index (χ3v) is 6.73. The molecule has 2 saturated heterocycles. The van der Waals surface area contributed by atoms with Gasteiger partial charge in [-0.2, -0.15) is 5.26 Å². The van der Waals surface area contributed by atoms with E-state index in [1.165, 1.54) is 25.7 Å². The number of nitriles is 1. The van der Waals surface area contributed by atoms with Gasteiger partial charge in [-0.15, -0.1) is 0 Å². The Morgan fingerprint density at radius 1 is 1.10 bits per heavy atom. The Morgan fingerprint density at radius 2 is 1.83 bits per heavy atom. The van der Waals surface area contributed by atoms with Crippen LogP contribution in [0, 0.1) is 29.1 Å². The first-order chi connectivity index (χ1) is 14.1. The summed E-state index contributed by atoms with van der Waals surface area (Å²) in [6.07, 6.45) is 4.95. The Labute approximate surface area is 174 Å². The van der Waals surface area contributed by atoms with Gasteiger partial charge in [0.05, 0.1) is 19.1 Å². The molecule has 29 heavy (non-hydrogen) atoms. The minimum absolute atomic E-state index is 0.167. The number of nitrogens with zero attached hydrogens (tertiary/aromatic N) is 3. The van der Waals surface area contributed by atoms with Crippen LogP contribution in [0.1, 0.15) is 31.2 Å². The van der Waals surface area contributed by atoms with E-state index in [2.05, 4.69) is 15.9 Å². The van der Waals surface area contributed by atoms with E-state index in [0.29, 0.717) is 18.0 Å². The van der Waals surface area contributed by atoms with Crippen LogP contribution >= 0.6 is 0 Å². The number of aliphatic hydroxyl groups is 1. The van der Waals surface area contributed by atoms with Crippen molar-refractivity contribution in [3.8, 4) is 17.6 Å². The minimum atomic E-state index is -0.497. The van der Waals surface area contributed by atoms with Crippen LogP contribution in [0.15, 0.2) is 18.2 Å². The van der Waals surface area contributed by atoms with Gasteiger partial charge in [0.1, 0.15) is 12.7 Å². The van der Waals surface area contributed by atoms with Crippen molar-refractivity contribution in [2.45, 2.75) is 38.3 Å². The molecule has 6 nitrogen and oxygen atoms in total. The van der Waals surface area contributed by atoms with Gasteiger partial charge in [0.15, 0.2) is 11.5 Å². The molecule has 158 valence electrons. The predicted octanol–water partition coefficient (Wildman–Crippen LogP) is 2.51. The molecule has 3 aliphatic rings. The molecular formula is C23H33N3O3. The summed E-state index contributed by atoms with van der Waals surface area (Å²) in [5.74, 6) is 3.20. The lowest BCUT2D eigenvalue weighted by molar-refractivity contribution is 0.0729. The molecule has 1 aromatic carbocycles. The zero-order valence-corrected chi connectivity index (χ0v) is 17.4. The van der Waals surface area contributed by atoms with Crippen LogP contribution < -0.4 is 9.47 Å². The van der Waals surface area contributed by atoms with Crippen LogP contribution in [0.5, 0.6) is 11.5 Å². The molecule has 3 atom stereocenters. The highest BCUT2D eigenvalue weighted by atomic mass is 16.5. The van der Waals surface area contributed by atoms with Gasteiger partial charge >= 0.3 is 0 Å². The molecule has 1 aromatic rings. The number of aliphatic hydroxyl groups excluding tert-OH is 1. The molecule has 3 fully saturated rings. The highest BCUT2D eigenvalue weighted by Crippen LogP contribution is 2.36. The third kappa shape index (κ3) is 5.03. The minimum Gasteiger partial charge on any atom is -0.493 e. The summed E-state index contributed by atoms with van der Waals surface area (Å²) in [5.41, 5.74) is 1.14. The monoisotopic (exact) mass is 399 g/mol. The van der Waals surface area contributed by atoms with Crippen LogP contribution in [0.3, 0.4) is 0 Å². The maximum absolute atomic E-state index is 10.5. The van der Waals surface area contributed by atoms with Crippen molar-refractivity contribution in [1.82, 2.24) is 9.80 Å². The fourth-order valence-electron chi connectivity index (χ4n) is 5.16. The van der Waals surface area contributed by atoms with Crippen LogP contribution in [0.4, 0.5) is 0 Å². The number of methoxy groups -OCH3 is 1. The molecule has 1 N–H and O–H groups in total. The van der Waals surface area contributed by atoms with Crippen molar-refractivity contribution >= 4 is 0 Å². The first-order valence-electron chi connectivity index (χ1n) is 11.0. The smallest absolute Gasteiger partial charge is 0.161 e. The lowest BCUT2D eigenvalue weighted by Gasteiger charge is -2.35. The second-order valence-electron chi connectivity index (χ2n) is 8.99. The van der Waals surface area contributed by atoms with Gasteiger partial charge in [-0.1, -0.05) is 18.9 Å². The molecule has 0 amide bonds. The maximum atomic E-state index is 10.5. The third-order valence-electron chi connectivity index (χ3n) is 6.73. The Kier molecular flexibility index (Phi) is 6.59. The molecule has 2 aliphatic heterocycles. The highest BCUT2D eigenvalue weighted by Gasteiger charge is 2.34. The average Bonchev–Trinajstić information content (AvgIpc) is 3.11. The molecule has 0 radical (unpaired) electrons. The van der Waals surface area contributed by atoms with E-state index >= 15 is 0 Å². The Balaban J connectivity index is 1.25. The van der Waals surface area contributed by atoms with Gasteiger partial charge < -0.3 is 19.5 Å². The van der Waals surface area contributed by atoms with Gasteiger partial charge in [0.2, 0.25) is 0 Å². The van der Waals surface area contributed by atoms with Gasteiger partial charge in [-0.25, -0.2) is 0 Å². The van der Waals surface area contributed by atoms with Crippen molar-refractivity contribution in [3.05, 3.63) is 23.8 Å². The normalized spacial score (nSPS) is 26.4. The van der Waals surface area contributed by atoms with Gasteiger partial charge in [0.25, 0.3) is 0 Å². The first-order valence-corrected chi connectivity index (χ1v) is 11.0. The summed E-state index contributed by atoms with van der Waals surface area (Å²) in [7, 11) is 1.64. The van der Waals surface area contributed by atoms with Crippen LogP contribution in [0.25, 0.3) is 0 Å². The molecule has 4 rings (SSSR count). The summed E-state index contributed by atoms with van der Waals surface area (Å²) in [6, 6.07) is 8.26. The summed E-state index contributed by atoms with van der Waals surface area (Å²) in [5, 5.41) is 19.4. The summed E-state index contributed by atoms with van der Waals surface area (Å²) < 4.78 is 11.4. The van der Waals surface area contributed by atoms with Crippen molar-refractivity contribution in [3.63, 3.8) is 0 Å². The van der Waals surface area contributed by atoms with Crippen molar-refractivity contribution in [1.29, 1.82) is 5.26 Å². The topological polar surface area (TPSA) is 69.0 Å². The van der Waals surface area contributed by atoms with E-state index in [4.69, 9.17) is 14.7 Å². The number of ether oxygens (including phenoxy) is 2. The molecule has 0 spiro atoms. The van der Waals surface area contributed by atoms with E-state index in [0.717, 1.165) is 50.1 Å². The summed E-state index contributed by atoms with van der Waals surface area (Å²) in [6.45, 7) is 5.70. The van der Waals surface area contributed by atoms with Crippen LogP contribution in [-0.2, 0) is 6.54 Å². The van der Waals surface area contributed by atoms with E-state index in [9.17, 15) is 5.11 Å². The van der Waals surface area contributed by atoms with E-state index in [1.807, 2.05) is 18.2 Å². The lowest BCUT2D eigenvalue weighted by atomic mass is 9.82. The molecule has 0 bridgehead atoms. The van der Waals surface area contributed by atoms with E-state index in [-0.39, 0.29) is 12.5 Å². The maximum Gasteiger partial charge on any atom is 0.161 e. The second-order valence-corrected chi connectivity index (χ2v) is 8.99. The SMILES string of the molecule is COc1cc(CN2CC(C#N)C2)ccc1OCC(O)CN1C[C@H]2CCCC[C@H]2C1. The molecule has 1 aliphatic carbocycles. The summed E-state index contributed by atoms with van der Waals surface area (Å²) >= 11 is 0. The Hall–Kier alpha value is -1.81. The second kappa shape index (κ2) is 9.34. The summed E-state index contributed by atoms with van der Waals surface area (Å²) in [4.78, 5) is 4.66. The molecule has 1 saturated carbocycles. The molecular weight excluding hydrogens is 366 g/mol. The Morgan fingerprint density at radius 3 is 2.48 bits per heavy atom. The molecule has 0 aromatic heterocycles. The fraction of sp³-hybridized carbons (Fsp3) is 0.696. The number of rotatable bonds is 8. The number of hydrogen-bond acceptors (Lipinski definition) is 6. The Bertz CT molecular complexity index is 715. The number of hydrogen-bond donors (Lipinski definition) is 1. The number of likely N-dealkylation sites (tertiary alicyclic amines) is 2. The van der Waals surface area contributed by atoms with Crippen molar-refractivity contribution in [2.24, 2.45) is 17.8 Å². The predicted molar refractivity (Wildman–Crippen MR) is 111 cm³/mol. The highest BCUT2D eigenvalue weighted by molar-refractivity contribution is 5.43. The lowest BCUT2D eigenvalue weighted by Crippen LogP contribution is -2.45.